The van der Waals surface area contributed by atoms with E-state index in [1.165, 1.54) is 0 Å². The van der Waals surface area contributed by atoms with Gasteiger partial charge in [0.15, 0.2) is 5.54 Å². The van der Waals surface area contributed by atoms with Gasteiger partial charge in [-0.3, -0.25) is 14.5 Å². The van der Waals surface area contributed by atoms with E-state index in [0.717, 1.165) is 11.3 Å². The summed E-state index contributed by atoms with van der Waals surface area (Å²) in [6.45, 7) is 5.43. The second-order valence-electron chi connectivity index (χ2n) is 7.59. The summed E-state index contributed by atoms with van der Waals surface area (Å²) in [4.78, 5) is 39.7. The van der Waals surface area contributed by atoms with Gasteiger partial charge in [0.05, 0.1) is 0 Å². The Balaban J connectivity index is 1.97. The fraction of sp³-hybridized carbons (Fsp3) is 0.318. The highest BCUT2D eigenvalue weighted by Gasteiger charge is 2.54. The SMILES string of the molecule is CCC(C)(C)NC(=O)CN1C(=O)NC(c2ccccc2)(c2ccccc2)C1=O. The lowest BCUT2D eigenvalue weighted by Crippen LogP contribution is -2.49. The Morgan fingerprint density at radius 1 is 1.00 bits per heavy atom. The molecule has 3 rings (SSSR count). The molecule has 0 bridgehead atoms. The summed E-state index contributed by atoms with van der Waals surface area (Å²) >= 11 is 0. The van der Waals surface area contributed by atoms with Crippen LogP contribution in [0.3, 0.4) is 0 Å². The highest BCUT2D eigenvalue weighted by atomic mass is 16.2. The lowest BCUT2D eigenvalue weighted by molar-refractivity contribution is -0.134. The van der Waals surface area contributed by atoms with E-state index in [9.17, 15) is 14.4 Å². The van der Waals surface area contributed by atoms with Crippen LogP contribution in [-0.4, -0.2) is 34.8 Å². The van der Waals surface area contributed by atoms with Crippen molar-refractivity contribution in [3.8, 4) is 0 Å². The van der Waals surface area contributed by atoms with Crippen molar-refractivity contribution in [1.29, 1.82) is 0 Å². The summed E-state index contributed by atoms with van der Waals surface area (Å²) in [6, 6.07) is 17.6. The van der Waals surface area contributed by atoms with Crippen molar-refractivity contribution in [3.05, 3.63) is 71.8 Å². The van der Waals surface area contributed by atoms with Crippen LogP contribution in [0.25, 0.3) is 0 Å². The molecule has 0 aliphatic carbocycles. The molecular weight excluding hydrogens is 354 g/mol. The Morgan fingerprint density at radius 3 is 1.96 bits per heavy atom. The van der Waals surface area contributed by atoms with Crippen molar-refractivity contribution in [1.82, 2.24) is 15.5 Å². The molecule has 1 aliphatic rings. The van der Waals surface area contributed by atoms with Crippen molar-refractivity contribution in [2.75, 3.05) is 6.54 Å². The average Bonchev–Trinajstić information content (AvgIpc) is 2.94. The molecule has 1 fully saturated rings. The Labute approximate surface area is 164 Å². The molecule has 0 aromatic heterocycles. The molecule has 0 radical (unpaired) electrons. The minimum absolute atomic E-state index is 0.324. The molecule has 0 spiro atoms. The number of nitrogens with one attached hydrogen (secondary N) is 2. The van der Waals surface area contributed by atoms with E-state index < -0.39 is 23.0 Å². The van der Waals surface area contributed by atoms with Crippen LogP contribution < -0.4 is 10.6 Å². The zero-order valence-corrected chi connectivity index (χ0v) is 16.4. The summed E-state index contributed by atoms with van der Waals surface area (Å²) in [7, 11) is 0. The zero-order valence-electron chi connectivity index (χ0n) is 16.4. The third-order valence-corrected chi connectivity index (χ3v) is 5.18. The molecule has 1 aliphatic heterocycles. The Morgan fingerprint density at radius 2 is 1.50 bits per heavy atom. The maximum absolute atomic E-state index is 13.5. The van der Waals surface area contributed by atoms with E-state index in [1.54, 1.807) is 24.3 Å². The molecule has 2 N–H and O–H groups in total. The van der Waals surface area contributed by atoms with E-state index in [2.05, 4.69) is 10.6 Å². The van der Waals surface area contributed by atoms with Crippen LogP contribution >= 0.6 is 0 Å². The minimum atomic E-state index is -1.35. The number of amides is 4. The fourth-order valence-corrected chi connectivity index (χ4v) is 3.30. The number of rotatable bonds is 6. The van der Waals surface area contributed by atoms with Gasteiger partial charge in [-0.15, -0.1) is 0 Å². The first-order valence-corrected chi connectivity index (χ1v) is 9.36. The van der Waals surface area contributed by atoms with Crippen molar-refractivity contribution >= 4 is 17.8 Å². The van der Waals surface area contributed by atoms with Gasteiger partial charge in [-0.25, -0.2) is 4.79 Å². The number of hydrogen-bond donors (Lipinski definition) is 2. The molecule has 6 heteroatoms. The molecule has 6 nitrogen and oxygen atoms in total. The number of carbonyl (C=O) groups excluding carboxylic acids is 3. The summed E-state index contributed by atoms with van der Waals surface area (Å²) in [5.41, 5.74) is -0.459. The van der Waals surface area contributed by atoms with Crippen LogP contribution in [0.4, 0.5) is 4.79 Å². The summed E-state index contributed by atoms with van der Waals surface area (Å²) in [5.74, 6) is -0.827. The Kier molecular flexibility index (Phi) is 5.23. The predicted octanol–water partition coefficient (Wildman–Crippen LogP) is 2.79. The van der Waals surface area contributed by atoms with Gasteiger partial charge < -0.3 is 10.6 Å². The van der Waals surface area contributed by atoms with Gasteiger partial charge >= 0.3 is 6.03 Å². The van der Waals surface area contributed by atoms with Gasteiger partial charge in [-0.2, -0.15) is 0 Å². The van der Waals surface area contributed by atoms with Gasteiger partial charge in [0.2, 0.25) is 5.91 Å². The van der Waals surface area contributed by atoms with Gasteiger partial charge in [0, 0.05) is 5.54 Å². The molecule has 2 aromatic rings. The summed E-state index contributed by atoms with van der Waals surface area (Å²) in [6.07, 6.45) is 0.733. The van der Waals surface area contributed by atoms with Crippen molar-refractivity contribution in [2.45, 2.75) is 38.3 Å². The number of imide groups is 1. The van der Waals surface area contributed by atoms with Gasteiger partial charge in [0.1, 0.15) is 6.54 Å². The third kappa shape index (κ3) is 3.50. The van der Waals surface area contributed by atoms with E-state index in [1.807, 2.05) is 57.2 Å². The summed E-state index contributed by atoms with van der Waals surface area (Å²) in [5, 5.41) is 5.71. The lowest BCUT2D eigenvalue weighted by atomic mass is 9.82. The Bertz CT molecular complexity index is 839. The Hall–Kier alpha value is -3.15. The third-order valence-electron chi connectivity index (χ3n) is 5.18. The first kappa shape index (κ1) is 19.6. The standard InChI is InChI=1S/C22H25N3O3/c1-4-21(2,3)23-18(26)15-25-19(27)22(24-20(25)28,16-11-7-5-8-12-16)17-13-9-6-10-14-17/h5-14H,4,15H2,1-3H3,(H,23,26)(H,24,28). The molecule has 1 saturated heterocycles. The van der Waals surface area contributed by atoms with Crippen LogP contribution in [0.15, 0.2) is 60.7 Å². The average molecular weight is 379 g/mol. The lowest BCUT2D eigenvalue weighted by Gasteiger charge is -2.28. The first-order valence-electron chi connectivity index (χ1n) is 9.36. The van der Waals surface area contributed by atoms with E-state index in [-0.39, 0.29) is 12.5 Å². The highest BCUT2D eigenvalue weighted by Crippen LogP contribution is 2.35. The molecule has 0 atom stereocenters. The number of hydrogen-bond acceptors (Lipinski definition) is 3. The van der Waals surface area contributed by atoms with Gasteiger partial charge in [-0.1, -0.05) is 67.6 Å². The molecule has 28 heavy (non-hydrogen) atoms. The topological polar surface area (TPSA) is 78.5 Å². The molecular formula is C22H25N3O3. The largest absolute Gasteiger partial charge is 0.350 e. The maximum Gasteiger partial charge on any atom is 0.326 e. The van der Waals surface area contributed by atoms with Crippen LogP contribution in [0.1, 0.15) is 38.3 Å². The van der Waals surface area contributed by atoms with E-state index in [4.69, 9.17) is 0 Å². The number of nitrogens with zero attached hydrogens (tertiary/aromatic N) is 1. The molecule has 0 unspecified atom stereocenters. The fourth-order valence-electron chi connectivity index (χ4n) is 3.30. The second-order valence-corrected chi connectivity index (χ2v) is 7.59. The first-order chi connectivity index (χ1) is 13.3. The predicted molar refractivity (Wildman–Crippen MR) is 106 cm³/mol. The van der Waals surface area contributed by atoms with Gasteiger partial charge in [-0.05, 0) is 31.4 Å². The molecule has 4 amide bonds. The monoisotopic (exact) mass is 379 g/mol. The number of carbonyl (C=O) groups is 3. The normalized spacial score (nSPS) is 16.0. The molecule has 146 valence electrons. The van der Waals surface area contributed by atoms with Crippen molar-refractivity contribution < 1.29 is 14.4 Å². The second kappa shape index (κ2) is 7.46. The van der Waals surface area contributed by atoms with Crippen LogP contribution in [-0.2, 0) is 15.1 Å². The zero-order chi connectivity index (χ0) is 20.4. The highest BCUT2D eigenvalue weighted by molar-refractivity contribution is 6.11. The van der Waals surface area contributed by atoms with Crippen LogP contribution in [0.5, 0.6) is 0 Å². The number of urea groups is 1. The number of benzene rings is 2. The van der Waals surface area contributed by atoms with Crippen molar-refractivity contribution in [2.24, 2.45) is 0 Å². The molecule has 2 aromatic carbocycles. The van der Waals surface area contributed by atoms with Gasteiger partial charge in [0.25, 0.3) is 5.91 Å². The minimum Gasteiger partial charge on any atom is -0.350 e. The quantitative estimate of drug-likeness (QED) is 0.758. The van der Waals surface area contributed by atoms with E-state index >= 15 is 0 Å². The van der Waals surface area contributed by atoms with Crippen molar-refractivity contribution in [3.63, 3.8) is 0 Å². The van der Waals surface area contributed by atoms with Crippen LogP contribution in [0.2, 0.25) is 0 Å². The van der Waals surface area contributed by atoms with Crippen LogP contribution in [0, 0.1) is 0 Å². The summed E-state index contributed by atoms with van der Waals surface area (Å²) < 4.78 is 0. The molecule has 1 heterocycles. The molecule has 0 saturated carbocycles. The smallest absolute Gasteiger partial charge is 0.326 e. The maximum atomic E-state index is 13.5. The van der Waals surface area contributed by atoms with E-state index in [0.29, 0.717) is 11.1 Å².